The summed E-state index contributed by atoms with van der Waals surface area (Å²) in [7, 11) is 0. The Balaban J connectivity index is 1.94. The summed E-state index contributed by atoms with van der Waals surface area (Å²) in [6.45, 7) is 5.09. The van der Waals surface area contributed by atoms with Crippen molar-refractivity contribution in [2.75, 3.05) is 13.1 Å². The zero-order valence-corrected chi connectivity index (χ0v) is 9.26. The zero-order chi connectivity index (χ0) is 10.7. The van der Waals surface area contributed by atoms with E-state index in [1.165, 1.54) is 5.56 Å². The molecule has 2 heteroatoms. The molecule has 1 saturated heterocycles. The molecule has 82 valence electrons. The Hall–Kier alpha value is -0.860. The number of aliphatic hydroxyl groups is 1. The lowest BCUT2D eigenvalue weighted by Crippen LogP contribution is -2.41. The number of β-amino-alcohol motifs (C(OH)–C–C–N with tert-alkyl or cyclic N) is 1. The molecule has 15 heavy (non-hydrogen) atoms. The minimum Gasteiger partial charge on any atom is -0.392 e. The second kappa shape index (κ2) is 4.77. The number of benzene rings is 1. The first-order valence-corrected chi connectivity index (χ1v) is 5.68. The molecule has 0 amide bonds. The maximum Gasteiger partial charge on any atom is 0.0670 e. The van der Waals surface area contributed by atoms with Crippen LogP contribution in [-0.4, -0.2) is 29.2 Å². The van der Waals surface area contributed by atoms with Crippen LogP contribution in [0.5, 0.6) is 0 Å². The van der Waals surface area contributed by atoms with Gasteiger partial charge in [0.05, 0.1) is 6.10 Å². The van der Waals surface area contributed by atoms with E-state index >= 15 is 0 Å². The van der Waals surface area contributed by atoms with Gasteiger partial charge in [0.1, 0.15) is 0 Å². The molecule has 0 aliphatic carbocycles. The van der Waals surface area contributed by atoms with Gasteiger partial charge in [-0.2, -0.15) is 0 Å². The van der Waals surface area contributed by atoms with Crippen LogP contribution in [0.3, 0.4) is 0 Å². The fraction of sp³-hybridized carbons (Fsp3) is 0.538. The van der Waals surface area contributed by atoms with Gasteiger partial charge in [0, 0.05) is 19.6 Å². The summed E-state index contributed by atoms with van der Waals surface area (Å²) in [5.74, 6) is 0.609. The van der Waals surface area contributed by atoms with E-state index < -0.39 is 0 Å². The van der Waals surface area contributed by atoms with Gasteiger partial charge in [0.2, 0.25) is 0 Å². The number of piperidine rings is 1. The Bertz CT molecular complexity index is 289. The Labute approximate surface area is 91.5 Å². The number of hydrogen-bond donors (Lipinski definition) is 1. The van der Waals surface area contributed by atoms with E-state index in [1.807, 2.05) is 6.07 Å². The maximum absolute atomic E-state index is 9.69. The van der Waals surface area contributed by atoms with Crippen LogP contribution < -0.4 is 0 Å². The Morgan fingerprint density at radius 3 is 2.67 bits per heavy atom. The molecule has 0 spiro atoms. The third-order valence-corrected chi connectivity index (χ3v) is 2.96. The molecule has 0 saturated carbocycles. The van der Waals surface area contributed by atoms with Gasteiger partial charge in [-0.15, -0.1) is 0 Å². The number of rotatable bonds is 2. The molecular formula is C13H19NO. The largest absolute Gasteiger partial charge is 0.392 e. The van der Waals surface area contributed by atoms with E-state index in [0.29, 0.717) is 5.92 Å². The zero-order valence-electron chi connectivity index (χ0n) is 9.26. The minimum atomic E-state index is -0.141. The highest BCUT2D eigenvalue weighted by atomic mass is 16.3. The molecule has 0 aromatic heterocycles. The predicted octanol–water partition coefficient (Wildman–Crippen LogP) is 1.89. The van der Waals surface area contributed by atoms with E-state index in [9.17, 15) is 5.11 Å². The molecule has 1 aromatic carbocycles. The lowest BCUT2D eigenvalue weighted by molar-refractivity contribution is 0.0409. The Morgan fingerprint density at radius 1 is 1.27 bits per heavy atom. The van der Waals surface area contributed by atoms with Gasteiger partial charge in [0.15, 0.2) is 0 Å². The van der Waals surface area contributed by atoms with Crippen LogP contribution in [0, 0.1) is 5.92 Å². The first-order valence-electron chi connectivity index (χ1n) is 5.68. The first-order chi connectivity index (χ1) is 7.24. The van der Waals surface area contributed by atoms with Crippen LogP contribution in [0.25, 0.3) is 0 Å². The fourth-order valence-corrected chi connectivity index (χ4v) is 2.40. The average molecular weight is 205 g/mol. The van der Waals surface area contributed by atoms with Gasteiger partial charge < -0.3 is 5.11 Å². The molecular weight excluding hydrogens is 186 g/mol. The maximum atomic E-state index is 9.69. The van der Waals surface area contributed by atoms with E-state index in [2.05, 4.69) is 36.1 Å². The summed E-state index contributed by atoms with van der Waals surface area (Å²) in [5.41, 5.74) is 1.33. The highest BCUT2D eigenvalue weighted by molar-refractivity contribution is 5.14. The van der Waals surface area contributed by atoms with E-state index in [1.54, 1.807) is 0 Å². The summed E-state index contributed by atoms with van der Waals surface area (Å²) in [6.07, 6.45) is 0.808. The lowest BCUT2D eigenvalue weighted by Gasteiger charge is -2.34. The standard InChI is InChI=1S/C13H19NO/c1-11-7-13(15)10-14(8-11)9-12-5-3-2-4-6-12/h2-6,11,13,15H,7-10H2,1H3/t11-,13+/m1/s1. The SMILES string of the molecule is C[C@@H]1C[C@H](O)CN(Cc2ccccc2)C1. The Kier molecular flexibility index (Phi) is 3.39. The van der Waals surface area contributed by atoms with Crippen LogP contribution in [0.4, 0.5) is 0 Å². The average Bonchev–Trinajstić information content (AvgIpc) is 2.17. The molecule has 0 radical (unpaired) electrons. The van der Waals surface area contributed by atoms with Crippen molar-refractivity contribution in [1.29, 1.82) is 0 Å². The van der Waals surface area contributed by atoms with E-state index in [4.69, 9.17) is 0 Å². The smallest absolute Gasteiger partial charge is 0.0670 e. The van der Waals surface area contributed by atoms with Gasteiger partial charge in [-0.1, -0.05) is 37.3 Å². The second-order valence-corrected chi connectivity index (χ2v) is 4.67. The van der Waals surface area contributed by atoms with Crippen molar-refractivity contribution < 1.29 is 5.11 Å². The molecule has 0 bridgehead atoms. The lowest BCUT2D eigenvalue weighted by atomic mass is 9.97. The van der Waals surface area contributed by atoms with Crippen molar-refractivity contribution in [2.24, 2.45) is 5.92 Å². The van der Waals surface area contributed by atoms with Crippen molar-refractivity contribution in [1.82, 2.24) is 4.90 Å². The van der Waals surface area contributed by atoms with Crippen molar-refractivity contribution in [3.8, 4) is 0 Å². The van der Waals surface area contributed by atoms with Crippen molar-refractivity contribution in [2.45, 2.75) is 26.0 Å². The van der Waals surface area contributed by atoms with E-state index in [0.717, 1.165) is 26.1 Å². The molecule has 1 aliphatic heterocycles. The molecule has 2 atom stereocenters. The normalized spacial score (nSPS) is 27.9. The van der Waals surface area contributed by atoms with Crippen molar-refractivity contribution >= 4 is 0 Å². The number of likely N-dealkylation sites (tertiary alicyclic amines) is 1. The van der Waals surface area contributed by atoms with Crippen LogP contribution >= 0.6 is 0 Å². The molecule has 1 N–H and O–H groups in total. The van der Waals surface area contributed by atoms with Gasteiger partial charge in [-0.3, -0.25) is 4.90 Å². The Morgan fingerprint density at radius 2 is 2.00 bits per heavy atom. The third-order valence-electron chi connectivity index (χ3n) is 2.96. The van der Waals surface area contributed by atoms with Crippen molar-refractivity contribution in [3.05, 3.63) is 35.9 Å². The highest BCUT2D eigenvalue weighted by Gasteiger charge is 2.22. The summed E-state index contributed by atoms with van der Waals surface area (Å²) >= 11 is 0. The van der Waals surface area contributed by atoms with Gasteiger partial charge in [-0.05, 0) is 17.9 Å². The number of aliphatic hydroxyl groups excluding tert-OH is 1. The molecule has 2 rings (SSSR count). The van der Waals surface area contributed by atoms with E-state index in [-0.39, 0.29) is 6.10 Å². The summed E-state index contributed by atoms with van der Waals surface area (Å²) in [6, 6.07) is 10.5. The second-order valence-electron chi connectivity index (χ2n) is 4.67. The van der Waals surface area contributed by atoms with Gasteiger partial charge in [0.25, 0.3) is 0 Å². The van der Waals surface area contributed by atoms with Gasteiger partial charge >= 0.3 is 0 Å². The number of nitrogens with zero attached hydrogens (tertiary/aromatic N) is 1. The van der Waals surface area contributed by atoms with Crippen LogP contribution in [0.2, 0.25) is 0 Å². The summed E-state index contributed by atoms with van der Waals surface area (Å²) in [5, 5.41) is 9.69. The fourth-order valence-electron chi connectivity index (χ4n) is 2.40. The molecule has 1 fully saturated rings. The molecule has 0 unspecified atom stereocenters. The monoisotopic (exact) mass is 205 g/mol. The summed E-state index contributed by atoms with van der Waals surface area (Å²) in [4.78, 5) is 2.34. The van der Waals surface area contributed by atoms with Crippen LogP contribution in [-0.2, 0) is 6.54 Å². The van der Waals surface area contributed by atoms with Crippen molar-refractivity contribution in [3.63, 3.8) is 0 Å². The number of hydrogen-bond acceptors (Lipinski definition) is 2. The van der Waals surface area contributed by atoms with Gasteiger partial charge in [-0.25, -0.2) is 0 Å². The van der Waals surface area contributed by atoms with Crippen LogP contribution in [0.1, 0.15) is 18.9 Å². The quantitative estimate of drug-likeness (QED) is 0.797. The molecule has 1 heterocycles. The minimum absolute atomic E-state index is 0.141. The first kappa shape index (κ1) is 10.7. The molecule has 1 aromatic rings. The predicted molar refractivity (Wildman–Crippen MR) is 61.5 cm³/mol. The highest BCUT2D eigenvalue weighted by Crippen LogP contribution is 2.18. The third kappa shape index (κ3) is 3.05. The topological polar surface area (TPSA) is 23.5 Å². The van der Waals surface area contributed by atoms with Crippen LogP contribution in [0.15, 0.2) is 30.3 Å². The molecule has 2 nitrogen and oxygen atoms in total. The summed E-state index contributed by atoms with van der Waals surface area (Å²) < 4.78 is 0. The molecule has 1 aliphatic rings.